The van der Waals surface area contributed by atoms with Gasteiger partial charge in [0.05, 0.1) is 25.0 Å². The molecule has 5 nitrogen and oxygen atoms in total. The molecule has 0 spiro atoms. The standard InChI is InChI=1S/C14H13BrN2O3/c1-20-10-5-6-11(15)13(7-10)16-8-9-3-2-4-12(17-9)14(18)19/h2-7,16H,8H2,1H3,(H,18,19). The van der Waals surface area contributed by atoms with Gasteiger partial charge in [0.2, 0.25) is 0 Å². The molecule has 1 heterocycles. The lowest BCUT2D eigenvalue weighted by Crippen LogP contribution is -2.06. The van der Waals surface area contributed by atoms with E-state index in [1.54, 1.807) is 19.2 Å². The van der Waals surface area contributed by atoms with Gasteiger partial charge in [0.1, 0.15) is 11.4 Å². The number of carboxylic acids is 1. The summed E-state index contributed by atoms with van der Waals surface area (Å²) < 4.78 is 6.05. The highest BCUT2D eigenvalue weighted by Crippen LogP contribution is 2.27. The number of halogens is 1. The van der Waals surface area contributed by atoms with Gasteiger partial charge in [0.15, 0.2) is 0 Å². The molecule has 2 rings (SSSR count). The summed E-state index contributed by atoms with van der Waals surface area (Å²) in [6, 6.07) is 10.5. The van der Waals surface area contributed by atoms with E-state index in [0.717, 1.165) is 15.9 Å². The number of aromatic carboxylic acids is 1. The number of benzene rings is 1. The molecule has 0 saturated carbocycles. The van der Waals surface area contributed by atoms with E-state index in [-0.39, 0.29) is 5.69 Å². The predicted octanol–water partition coefficient (Wildman–Crippen LogP) is 3.16. The van der Waals surface area contributed by atoms with Crippen LogP contribution in [0.5, 0.6) is 5.75 Å². The van der Waals surface area contributed by atoms with E-state index in [1.807, 2.05) is 18.2 Å². The molecule has 0 atom stereocenters. The molecule has 2 N–H and O–H groups in total. The fourth-order valence-electron chi connectivity index (χ4n) is 1.65. The molecule has 1 aromatic carbocycles. The molecule has 0 radical (unpaired) electrons. The molecular weight excluding hydrogens is 324 g/mol. The molecule has 0 aliphatic rings. The van der Waals surface area contributed by atoms with Crippen molar-refractivity contribution in [2.24, 2.45) is 0 Å². The second kappa shape index (κ2) is 6.38. The van der Waals surface area contributed by atoms with Gasteiger partial charge in [-0.25, -0.2) is 9.78 Å². The molecule has 0 fully saturated rings. The number of aromatic nitrogens is 1. The lowest BCUT2D eigenvalue weighted by molar-refractivity contribution is 0.0690. The molecule has 2 aromatic rings. The first kappa shape index (κ1) is 14.3. The zero-order valence-electron chi connectivity index (χ0n) is 10.8. The summed E-state index contributed by atoms with van der Waals surface area (Å²) in [5.74, 6) is -0.294. The minimum atomic E-state index is -1.03. The molecule has 20 heavy (non-hydrogen) atoms. The maximum Gasteiger partial charge on any atom is 0.354 e. The van der Waals surface area contributed by atoms with Gasteiger partial charge in [-0.2, -0.15) is 0 Å². The summed E-state index contributed by atoms with van der Waals surface area (Å²) in [7, 11) is 1.60. The Bertz CT molecular complexity index is 632. The summed E-state index contributed by atoms with van der Waals surface area (Å²) in [6.07, 6.45) is 0. The largest absolute Gasteiger partial charge is 0.497 e. The number of carboxylic acid groups (broad SMARTS) is 1. The molecule has 0 aliphatic carbocycles. The van der Waals surface area contributed by atoms with Crippen molar-refractivity contribution in [3.8, 4) is 5.75 Å². The van der Waals surface area contributed by atoms with Crippen LogP contribution in [-0.2, 0) is 6.54 Å². The second-order valence-corrected chi connectivity index (χ2v) is 4.87. The van der Waals surface area contributed by atoms with Crippen molar-refractivity contribution < 1.29 is 14.6 Å². The van der Waals surface area contributed by atoms with Gasteiger partial charge in [-0.1, -0.05) is 6.07 Å². The SMILES string of the molecule is COc1ccc(Br)c(NCc2cccc(C(=O)O)n2)c1. The molecule has 0 amide bonds. The Morgan fingerprint density at radius 2 is 2.20 bits per heavy atom. The fourth-order valence-corrected chi connectivity index (χ4v) is 2.04. The molecule has 0 aliphatic heterocycles. The zero-order valence-corrected chi connectivity index (χ0v) is 12.3. The van der Waals surface area contributed by atoms with Gasteiger partial charge in [0, 0.05) is 10.5 Å². The van der Waals surface area contributed by atoms with Gasteiger partial charge in [-0.3, -0.25) is 0 Å². The average molecular weight is 337 g/mol. The van der Waals surface area contributed by atoms with Crippen LogP contribution in [0.15, 0.2) is 40.9 Å². The maximum absolute atomic E-state index is 10.9. The molecule has 0 bridgehead atoms. The van der Waals surface area contributed by atoms with Gasteiger partial charge in [-0.15, -0.1) is 0 Å². The third-order valence-electron chi connectivity index (χ3n) is 2.66. The minimum Gasteiger partial charge on any atom is -0.497 e. The number of hydrogen-bond acceptors (Lipinski definition) is 4. The molecule has 0 saturated heterocycles. The number of ether oxygens (including phenoxy) is 1. The van der Waals surface area contributed by atoms with Crippen LogP contribution in [0.25, 0.3) is 0 Å². The van der Waals surface area contributed by atoms with Crippen molar-refractivity contribution >= 4 is 27.6 Å². The summed E-state index contributed by atoms with van der Waals surface area (Å²) in [5, 5.41) is 12.1. The van der Waals surface area contributed by atoms with Crippen LogP contribution in [0, 0.1) is 0 Å². The lowest BCUT2D eigenvalue weighted by atomic mass is 10.2. The first-order valence-electron chi connectivity index (χ1n) is 5.87. The number of carbonyl (C=O) groups is 1. The van der Waals surface area contributed by atoms with Gasteiger partial charge < -0.3 is 15.2 Å². The number of nitrogens with one attached hydrogen (secondary N) is 1. The van der Waals surface area contributed by atoms with Crippen LogP contribution in [0.4, 0.5) is 5.69 Å². The highest BCUT2D eigenvalue weighted by atomic mass is 79.9. The number of nitrogens with zero attached hydrogens (tertiary/aromatic N) is 1. The van der Waals surface area contributed by atoms with Crippen molar-refractivity contribution in [1.29, 1.82) is 0 Å². The van der Waals surface area contributed by atoms with Crippen molar-refractivity contribution in [2.45, 2.75) is 6.54 Å². The molecule has 1 aromatic heterocycles. The van der Waals surface area contributed by atoms with E-state index in [0.29, 0.717) is 12.2 Å². The quantitative estimate of drug-likeness (QED) is 0.877. The highest BCUT2D eigenvalue weighted by molar-refractivity contribution is 9.10. The molecule has 0 unspecified atom stereocenters. The Kier molecular flexibility index (Phi) is 4.57. The van der Waals surface area contributed by atoms with E-state index in [4.69, 9.17) is 9.84 Å². The monoisotopic (exact) mass is 336 g/mol. The summed E-state index contributed by atoms with van der Waals surface area (Å²) >= 11 is 3.44. The van der Waals surface area contributed by atoms with Crippen LogP contribution < -0.4 is 10.1 Å². The third kappa shape index (κ3) is 3.48. The Hall–Kier alpha value is -2.08. The maximum atomic E-state index is 10.9. The van der Waals surface area contributed by atoms with E-state index < -0.39 is 5.97 Å². The van der Waals surface area contributed by atoms with Crippen LogP contribution in [0.3, 0.4) is 0 Å². The number of rotatable bonds is 5. The molecule has 6 heteroatoms. The van der Waals surface area contributed by atoms with E-state index in [9.17, 15) is 4.79 Å². The van der Waals surface area contributed by atoms with Crippen molar-refractivity contribution in [3.63, 3.8) is 0 Å². The summed E-state index contributed by atoms with van der Waals surface area (Å²) in [5.41, 5.74) is 1.54. The minimum absolute atomic E-state index is 0.0361. The number of anilines is 1. The van der Waals surface area contributed by atoms with Crippen LogP contribution >= 0.6 is 15.9 Å². The van der Waals surface area contributed by atoms with Crippen molar-refractivity contribution in [2.75, 3.05) is 12.4 Å². The Morgan fingerprint density at radius 1 is 1.40 bits per heavy atom. The van der Waals surface area contributed by atoms with Crippen LogP contribution in [0.1, 0.15) is 16.2 Å². The summed E-state index contributed by atoms with van der Waals surface area (Å²) in [6.45, 7) is 0.423. The Balaban J connectivity index is 2.12. The highest BCUT2D eigenvalue weighted by Gasteiger charge is 2.06. The topological polar surface area (TPSA) is 71.5 Å². The van der Waals surface area contributed by atoms with Crippen molar-refractivity contribution in [3.05, 3.63) is 52.3 Å². The molecular formula is C14H13BrN2O3. The van der Waals surface area contributed by atoms with Gasteiger partial charge in [-0.05, 0) is 40.2 Å². The second-order valence-electron chi connectivity index (χ2n) is 4.02. The third-order valence-corrected chi connectivity index (χ3v) is 3.35. The van der Waals surface area contributed by atoms with E-state index in [1.165, 1.54) is 6.07 Å². The smallest absolute Gasteiger partial charge is 0.354 e. The predicted molar refractivity (Wildman–Crippen MR) is 79.2 cm³/mol. The number of methoxy groups -OCH3 is 1. The Morgan fingerprint density at radius 3 is 2.90 bits per heavy atom. The first-order chi connectivity index (χ1) is 9.60. The van der Waals surface area contributed by atoms with Gasteiger partial charge in [0.25, 0.3) is 0 Å². The lowest BCUT2D eigenvalue weighted by Gasteiger charge is -2.10. The Labute approximate surface area is 124 Å². The van der Waals surface area contributed by atoms with E-state index >= 15 is 0 Å². The average Bonchev–Trinajstić information content (AvgIpc) is 2.46. The zero-order chi connectivity index (χ0) is 14.5. The first-order valence-corrected chi connectivity index (χ1v) is 6.66. The number of hydrogen-bond donors (Lipinski definition) is 2. The summed E-state index contributed by atoms with van der Waals surface area (Å²) in [4.78, 5) is 14.9. The van der Waals surface area contributed by atoms with Crippen molar-refractivity contribution in [1.82, 2.24) is 4.98 Å². The number of pyridine rings is 1. The van der Waals surface area contributed by atoms with Gasteiger partial charge >= 0.3 is 5.97 Å². The van der Waals surface area contributed by atoms with Crippen LogP contribution in [-0.4, -0.2) is 23.2 Å². The normalized spacial score (nSPS) is 10.1. The fraction of sp³-hybridized carbons (Fsp3) is 0.143. The molecule has 104 valence electrons. The van der Waals surface area contributed by atoms with E-state index in [2.05, 4.69) is 26.2 Å². The van der Waals surface area contributed by atoms with Crippen LogP contribution in [0.2, 0.25) is 0 Å².